The number of likely N-dealkylation sites (tertiary alicyclic amines) is 1. The Balaban J connectivity index is 1.48. The number of hydrogen-bond donors (Lipinski definition) is 1. The largest absolute Gasteiger partial charge is 0.465 e. The number of aromatic nitrogens is 1. The molecule has 26 heavy (non-hydrogen) atoms. The van der Waals surface area contributed by atoms with E-state index in [1.165, 1.54) is 21.2 Å². The first-order valence-corrected chi connectivity index (χ1v) is 9.68. The van der Waals surface area contributed by atoms with Gasteiger partial charge in [-0.15, -0.1) is 11.3 Å². The van der Waals surface area contributed by atoms with E-state index in [1.54, 1.807) is 11.3 Å². The molecule has 0 saturated carbocycles. The molecular weight excluding hydrogens is 344 g/mol. The molecule has 1 aromatic heterocycles. The molecule has 0 unspecified atom stereocenters. The van der Waals surface area contributed by atoms with E-state index in [2.05, 4.69) is 60.0 Å². The summed E-state index contributed by atoms with van der Waals surface area (Å²) in [4.78, 5) is 17.3. The summed E-state index contributed by atoms with van der Waals surface area (Å²) in [5.74, 6) is 0.371. The topological polar surface area (TPSA) is 53.4 Å². The van der Waals surface area contributed by atoms with Gasteiger partial charge in [0, 0.05) is 24.4 Å². The standard InChI is InChI=1S/C21H20N2O2S/c24-21(25)23-12-10-17(11-13-23)20-22-18(14-26-20)9-8-16-6-3-5-15-4-1-2-7-19(15)16/h1-9,14,17H,10-13H2,(H,24,25)/b9-8+. The van der Waals surface area contributed by atoms with Crippen molar-refractivity contribution in [1.29, 1.82) is 0 Å². The summed E-state index contributed by atoms with van der Waals surface area (Å²) in [6, 6.07) is 14.7. The molecule has 1 fully saturated rings. The van der Waals surface area contributed by atoms with Crippen LogP contribution in [-0.4, -0.2) is 34.2 Å². The predicted octanol–water partition coefficient (Wildman–Crippen LogP) is 5.32. The third-order valence-corrected chi connectivity index (χ3v) is 5.94. The Morgan fingerprint density at radius 1 is 1.12 bits per heavy atom. The van der Waals surface area contributed by atoms with E-state index in [-0.39, 0.29) is 0 Å². The van der Waals surface area contributed by atoms with Crippen molar-refractivity contribution in [2.75, 3.05) is 13.1 Å². The first kappa shape index (κ1) is 16.8. The van der Waals surface area contributed by atoms with Gasteiger partial charge < -0.3 is 10.0 Å². The van der Waals surface area contributed by atoms with E-state index in [0.29, 0.717) is 19.0 Å². The second kappa shape index (κ2) is 7.30. The van der Waals surface area contributed by atoms with Gasteiger partial charge in [-0.1, -0.05) is 48.5 Å². The lowest BCUT2D eigenvalue weighted by Gasteiger charge is -2.28. The molecule has 1 aliphatic heterocycles. The molecule has 1 saturated heterocycles. The number of carboxylic acid groups (broad SMARTS) is 1. The molecule has 132 valence electrons. The number of thiazole rings is 1. The number of amides is 1. The Labute approximate surface area is 156 Å². The van der Waals surface area contributed by atoms with Crippen molar-refractivity contribution >= 4 is 40.4 Å². The Morgan fingerprint density at radius 3 is 2.69 bits per heavy atom. The average molecular weight is 364 g/mol. The minimum Gasteiger partial charge on any atom is -0.465 e. The first-order chi connectivity index (χ1) is 12.7. The van der Waals surface area contributed by atoms with Crippen LogP contribution in [0, 0.1) is 0 Å². The molecule has 0 aliphatic carbocycles. The van der Waals surface area contributed by atoms with Crippen LogP contribution in [0.25, 0.3) is 22.9 Å². The molecule has 4 nitrogen and oxygen atoms in total. The van der Waals surface area contributed by atoms with Crippen molar-refractivity contribution in [3.8, 4) is 0 Å². The Morgan fingerprint density at radius 2 is 1.88 bits per heavy atom. The molecule has 4 rings (SSSR count). The van der Waals surface area contributed by atoms with Crippen LogP contribution in [0.15, 0.2) is 47.8 Å². The van der Waals surface area contributed by atoms with Gasteiger partial charge in [0.25, 0.3) is 0 Å². The number of carbonyl (C=O) groups is 1. The van der Waals surface area contributed by atoms with Gasteiger partial charge in [0.15, 0.2) is 0 Å². The zero-order valence-electron chi connectivity index (χ0n) is 14.3. The van der Waals surface area contributed by atoms with Crippen molar-refractivity contribution in [1.82, 2.24) is 9.88 Å². The fraction of sp³-hybridized carbons (Fsp3) is 0.238. The summed E-state index contributed by atoms with van der Waals surface area (Å²) in [7, 11) is 0. The van der Waals surface area contributed by atoms with Crippen molar-refractivity contribution in [3.05, 3.63) is 64.1 Å². The molecule has 5 heteroatoms. The Bertz CT molecular complexity index is 950. The van der Waals surface area contributed by atoms with Gasteiger partial charge in [0.2, 0.25) is 0 Å². The van der Waals surface area contributed by atoms with Crippen LogP contribution in [0.4, 0.5) is 4.79 Å². The fourth-order valence-corrected chi connectivity index (χ4v) is 4.41. The third-order valence-electron chi connectivity index (χ3n) is 4.91. The summed E-state index contributed by atoms with van der Waals surface area (Å²) in [5.41, 5.74) is 2.16. The highest BCUT2D eigenvalue weighted by atomic mass is 32.1. The van der Waals surface area contributed by atoms with Crippen LogP contribution in [0.5, 0.6) is 0 Å². The van der Waals surface area contributed by atoms with Crippen LogP contribution in [0.2, 0.25) is 0 Å². The molecule has 0 radical (unpaired) electrons. The van der Waals surface area contributed by atoms with Crippen LogP contribution in [-0.2, 0) is 0 Å². The van der Waals surface area contributed by atoms with Gasteiger partial charge in [-0.05, 0) is 35.3 Å². The van der Waals surface area contributed by atoms with Crippen LogP contribution in [0.1, 0.15) is 35.0 Å². The number of rotatable bonds is 3. The quantitative estimate of drug-likeness (QED) is 0.684. The van der Waals surface area contributed by atoms with E-state index < -0.39 is 6.09 Å². The second-order valence-electron chi connectivity index (χ2n) is 6.56. The lowest BCUT2D eigenvalue weighted by molar-refractivity contribution is 0.132. The van der Waals surface area contributed by atoms with E-state index in [9.17, 15) is 4.79 Å². The van der Waals surface area contributed by atoms with Crippen molar-refractivity contribution < 1.29 is 9.90 Å². The monoisotopic (exact) mass is 364 g/mol. The van der Waals surface area contributed by atoms with E-state index in [4.69, 9.17) is 10.1 Å². The summed E-state index contributed by atoms with van der Waals surface area (Å²) < 4.78 is 0. The number of nitrogens with zero attached hydrogens (tertiary/aromatic N) is 2. The maximum Gasteiger partial charge on any atom is 0.407 e. The smallest absolute Gasteiger partial charge is 0.407 e. The minimum atomic E-state index is -0.818. The average Bonchev–Trinajstić information content (AvgIpc) is 3.15. The molecule has 3 aromatic rings. The van der Waals surface area contributed by atoms with Gasteiger partial charge >= 0.3 is 6.09 Å². The highest BCUT2D eigenvalue weighted by Gasteiger charge is 2.25. The van der Waals surface area contributed by atoms with E-state index in [0.717, 1.165) is 23.5 Å². The van der Waals surface area contributed by atoms with E-state index in [1.807, 2.05) is 0 Å². The Kier molecular flexibility index (Phi) is 4.71. The molecule has 2 aromatic carbocycles. The number of hydrogen-bond acceptors (Lipinski definition) is 3. The normalized spacial score (nSPS) is 15.8. The van der Waals surface area contributed by atoms with Crippen molar-refractivity contribution in [2.45, 2.75) is 18.8 Å². The molecule has 1 aliphatic rings. The first-order valence-electron chi connectivity index (χ1n) is 8.80. The second-order valence-corrected chi connectivity index (χ2v) is 7.45. The zero-order chi connectivity index (χ0) is 17.9. The van der Waals surface area contributed by atoms with Gasteiger partial charge in [-0.25, -0.2) is 9.78 Å². The lowest BCUT2D eigenvalue weighted by Crippen LogP contribution is -2.36. The zero-order valence-corrected chi connectivity index (χ0v) is 15.2. The van der Waals surface area contributed by atoms with Gasteiger partial charge in [0.1, 0.15) is 0 Å². The lowest BCUT2D eigenvalue weighted by atomic mass is 9.98. The molecule has 0 bridgehead atoms. The minimum absolute atomic E-state index is 0.371. The maximum absolute atomic E-state index is 11.0. The summed E-state index contributed by atoms with van der Waals surface area (Å²) >= 11 is 1.68. The predicted molar refractivity (Wildman–Crippen MR) is 107 cm³/mol. The van der Waals surface area contributed by atoms with Crippen molar-refractivity contribution in [2.24, 2.45) is 0 Å². The van der Waals surface area contributed by atoms with Gasteiger partial charge in [-0.2, -0.15) is 0 Å². The Hall–Kier alpha value is -2.66. The molecule has 0 spiro atoms. The van der Waals surface area contributed by atoms with Crippen LogP contribution >= 0.6 is 11.3 Å². The highest BCUT2D eigenvalue weighted by molar-refractivity contribution is 7.09. The number of benzene rings is 2. The van der Waals surface area contributed by atoms with E-state index >= 15 is 0 Å². The highest BCUT2D eigenvalue weighted by Crippen LogP contribution is 2.31. The summed E-state index contributed by atoms with van der Waals surface area (Å²) in [6.45, 7) is 1.20. The number of fused-ring (bicyclic) bond motifs is 1. The molecule has 2 heterocycles. The van der Waals surface area contributed by atoms with Gasteiger partial charge in [0.05, 0.1) is 10.7 Å². The molecule has 1 N–H and O–H groups in total. The molecular formula is C21H20N2O2S. The summed E-state index contributed by atoms with van der Waals surface area (Å²) in [5, 5.41) is 14.7. The fourth-order valence-electron chi connectivity index (χ4n) is 3.45. The molecule has 1 amide bonds. The van der Waals surface area contributed by atoms with Crippen LogP contribution in [0.3, 0.4) is 0 Å². The van der Waals surface area contributed by atoms with Crippen LogP contribution < -0.4 is 0 Å². The maximum atomic E-state index is 11.0. The molecule has 0 atom stereocenters. The summed E-state index contributed by atoms with van der Waals surface area (Å²) in [6.07, 6.45) is 5.07. The third kappa shape index (κ3) is 3.48. The number of piperidine rings is 1. The van der Waals surface area contributed by atoms with Gasteiger partial charge in [-0.3, -0.25) is 0 Å². The van der Waals surface area contributed by atoms with Crippen molar-refractivity contribution in [3.63, 3.8) is 0 Å². The SMILES string of the molecule is O=C(O)N1CCC(c2nc(/C=C/c3cccc4ccccc34)cs2)CC1.